The quantitative estimate of drug-likeness (QED) is 0.875. The standard InChI is InChI=1S/C15H22F2N2O2/c1-19-8-4-3-5-12(19)10-18-11-6-7-13(20-2)14(9-11)21-15(16)17/h6-7,9,12,15,18H,3-5,8,10H2,1-2H3. The second-order valence-electron chi connectivity index (χ2n) is 5.26. The van der Waals surface area contributed by atoms with Gasteiger partial charge in [-0.25, -0.2) is 0 Å². The van der Waals surface area contributed by atoms with Gasteiger partial charge in [-0.05, 0) is 38.6 Å². The molecule has 0 radical (unpaired) electrons. The fourth-order valence-corrected chi connectivity index (χ4v) is 2.61. The Bertz CT molecular complexity index is 457. The van der Waals surface area contributed by atoms with Crippen molar-refractivity contribution in [2.45, 2.75) is 31.9 Å². The second kappa shape index (κ2) is 7.45. The summed E-state index contributed by atoms with van der Waals surface area (Å²) in [5, 5.41) is 3.29. The van der Waals surface area contributed by atoms with E-state index in [1.165, 1.54) is 20.0 Å². The molecule has 118 valence electrons. The van der Waals surface area contributed by atoms with Crippen LogP contribution in [-0.2, 0) is 0 Å². The Labute approximate surface area is 124 Å². The van der Waals surface area contributed by atoms with E-state index in [9.17, 15) is 8.78 Å². The highest BCUT2D eigenvalue weighted by Crippen LogP contribution is 2.31. The number of hydrogen-bond donors (Lipinski definition) is 1. The molecule has 1 heterocycles. The fourth-order valence-electron chi connectivity index (χ4n) is 2.61. The molecule has 0 aliphatic carbocycles. The van der Waals surface area contributed by atoms with Gasteiger partial charge in [0.15, 0.2) is 11.5 Å². The Hall–Kier alpha value is -1.56. The molecule has 1 saturated heterocycles. The first-order valence-corrected chi connectivity index (χ1v) is 7.17. The van der Waals surface area contributed by atoms with Crippen LogP contribution in [0.2, 0.25) is 0 Å². The highest BCUT2D eigenvalue weighted by atomic mass is 19.3. The first-order valence-electron chi connectivity index (χ1n) is 7.17. The average Bonchev–Trinajstić information content (AvgIpc) is 2.46. The van der Waals surface area contributed by atoms with Gasteiger partial charge in [-0.3, -0.25) is 0 Å². The van der Waals surface area contributed by atoms with Crippen molar-refractivity contribution in [3.63, 3.8) is 0 Å². The van der Waals surface area contributed by atoms with E-state index in [4.69, 9.17) is 4.74 Å². The van der Waals surface area contributed by atoms with E-state index in [2.05, 4.69) is 22.0 Å². The summed E-state index contributed by atoms with van der Waals surface area (Å²) >= 11 is 0. The maximum absolute atomic E-state index is 12.4. The number of methoxy groups -OCH3 is 1. The molecule has 1 atom stereocenters. The first kappa shape index (κ1) is 15.8. The molecule has 1 aromatic rings. The number of ether oxygens (including phenoxy) is 2. The van der Waals surface area contributed by atoms with Crippen LogP contribution in [0.4, 0.5) is 14.5 Å². The van der Waals surface area contributed by atoms with Gasteiger partial charge < -0.3 is 19.7 Å². The number of likely N-dealkylation sites (tertiary alicyclic amines) is 1. The normalized spacial score (nSPS) is 19.6. The summed E-state index contributed by atoms with van der Waals surface area (Å²) in [6.45, 7) is -0.968. The van der Waals surface area contributed by atoms with Crippen LogP contribution in [0.3, 0.4) is 0 Å². The number of piperidine rings is 1. The minimum atomic E-state index is -2.86. The molecule has 1 unspecified atom stereocenters. The minimum Gasteiger partial charge on any atom is -0.493 e. The van der Waals surface area contributed by atoms with Crippen LogP contribution in [0.1, 0.15) is 19.3 Å². The van der Waals surface area contributed by atoms with Gasteiger partial charge in [-0.2, -0.15) is 8.78 Å². The predicted molar refractivity (Wildman–Crippen MR) is 78.4 cm³/mol. The molecule has 0 saturated carbocycles. The summed E-state index contributed by atoms with van der Waals surface area (Å²) in [6.07, 6.45) is 3.63. The number of rotatable bonds is 6. The summed E-state index contributed by atoms with van der Waals surface area (Å²) in [5.74, 6) is 0.352. The topological polar surface area (TPSA) is 33.7 Å². The van der Waals surface area contributed by atoms with Crippen LogP contribution in [-0.4, -0.2) is 44.8 Å². The number of likely N-dealkylation sites (N-methyl/N-ethyl adjacent to an activating group) is 1. The molecule has 0 bridgehead atoms. The highest BCUT2D eigenvalue weighted by Gasteiger charge is 2.18. The molecule has 1 N–H and O–H groups in total. The van der Waals surface area contributed by atoms with E-state index in [0.717, 1.165) is 25.2 Å². The number of benzene rings is 1. The zero-order valence-electron chi connectivity index (χ0n) is 12.4. The number of nitrogens with one attached hydrogen (secondary N) is 1. The monoisotopic (exact) mass is 300 g/mol. The predicted octanol–water partition coefficient (Wildman–Crippen LogP) is 3.19. The minimum absolute atomic E-state index is 0.0505. The van der Waals surface area contributed by atoms with Crippen molar-refractivity contribution in [3.8, 4) is 11.5 Å². The smallest absolute Gasteiger partial charge is 0.387 e. The van der Waals surface area contributed by atoms with Crippen LogP contribution in [0.25, 0.3) is 0 Å². The number of nitrogens with zero attached hydrogens (tertiary/aromatic N) is 1. The molecule has 1 aliphatic rings. The zero-order chi connectivity index (χ0) is 15.2. The lowest BCUT2D eigenvalue weighted by Crippen LogP contribution is -2.40. The average molecular weight is 300 g/mol. The molecule has 4 nitrogen and oxygen atoms in total. The Morgan fingerprint density at radius 1 is 1.33 bits per heavy atom. The number of anilines is 1. The molecule has 6 heteroatoms. The van der Waals surface area contributed by atoms with Gasteiger partial charge in [0.1, 0.15) is 0 Å². The van der Waals surface area contributed by atoms with Crippen LogP contribution >= 0.6 is 0 Å². The van der Waals surface area contributed by atoms with Gasteiger partial charge >= 0.3 is 6.61 Å². The summed E-state index contributed by atoms with van der Waals surface area (Å²) in [5.41, 5.74) is 0.755. The first-order chi connectivity index (χ1) is 10.1. The number of alkyl halides is 2. The molecule has 2 rings (SSSR count). The Kier molecular flexibility index (Phi) is 5.61. The highest BCUT2D eigenvalue weighted by molar-refractivity contribution is 5.54. The summed E-state index contributed by atoms with van der Waals surface area (Å²) in [6, 6.07) is 5.46. The van der Waals surface area contributed by atoms with Gasteiger partial charge in [0.2, 0.25) is 0 Å². The second-order valence-corrected chi connectivity index (χ2v) is 5.26. The maximum atomic E-state index is 12.4. The Balaban J connectivity index is 1.99. The Morgan fingerprint density at radius 2 is 2.14 bits per heavy atom. The lowest BCUT2D eigenvalue weighted by atomic mass is 10.0. The van der Waals surface area contributed by atoms with E-state index in [1.54, 1.807) is 18.2 Å². The van der Waals surface area contributed by atoms with Gasteiger partial charge in [0, 0.05) is 24.3 Å². The summed E-state index contributed by atoms with van der Waals surface area (Å²) in [7, 11) is 3.54. The number of hydrogen-bond acceptors (Lipinski definition) is 4. The van der Waals surface area contributed by atoms with Crippen molar-refractivity contribution in [1.82, 2.24) is 4.90 Å². The van der Waals surface area contributed by atoms with Crippen molar-refractivity contribution < 1.29 is 18.3 Å². The molecule has 0 spiro atoms. The van der Waals surface area contributed by atoms with Gasteiger partial charge in [-0.1, -0.05) is 6.42 Å². The van der Waals surface area contributed by atoms with E-state index in [1.807, 2.05) is 0 Å². The summed E-state index contributed by atoms with van der Waals surface area (Å²) in [4.78, 5) is 2.33. The Morgan fingerprint density at radius 3 is 2.81 bits per heavy atom. The van der Waals surface area contributed by atoms with E-state index >= 15 is 0 Å². The molecule has 1 fully saturated rings. The van der Waals surface area contributed by atoms with Crippen LogP contribution in [0, 0.1) is 0 Å². The van der Waals surface area contributed by atoms with Gasteiger partial charge in [0.25, 0.3) is 0 Å². The van der Waals surface area contributed by atoms with Crippen molar-refractivity contribution in [3.05, 3.63) is 18.2 Å². The lowest BCUT2D eigenvalue weighted by molar-refractivity contribution is -0.0511. The SMILES string of the molecule is COc1ccc(NCC2CCCCN2C)cc1OC(F)F. The molecule has 1 aliphatic heterocycles. The zero-order valence-corrected chi connectivity index (χ0v) is 12.4. The maximum Gasteiger partial charge on any atom is 0.387 e. The van der Waals surface area contributed by atoms with Crippen molar-refractivity contribution in [2.24, 2.45) is 0 Å². The molecular weight excluding hydrogens is 278 g/mol. The third kappa shape index (κ3) is 4.46. The lowest BCUT2D eigenvalue weighted by Gasteiger charge is -2.32. The van der Waals surface area contributed by atoms with Crippen molar-refractivity contribution in [1.29, 1.82) is 0 Å². The fraction of sp³-hybridized carbons (Fsp3) is 0.600. The molecule has 0 amide bonds. The van der Waals surface area contributed by atoms with Gasteiger partial charge in [-0.15, -0.1) is 0 Å². The molecular formula is C15H22F2N2O2. The largest absolute Gasteiger partial charge is 0.493 e. The molecule has 1 aromatic carbocycles. The molecule has 0 aromatic heterocycles. The van der Waals surface area contributed by atoms with E-state index < -0.39 is 6.61 Å². The third-order valence-electron chi connectivity index (χ3n) is 3.84. The molecule has 21 heavy (non-hydrogen) atoms. The number of halogens is 2. The van der Waals surface area contributed by atoms with Crippen LogP contribution in [0.5, 0.6) is 11.5 Å². The van der Waals surface area contributed by atoms with E-state index in [-0.39, 0.29) is 5.75 Å². The van der Waals surface area contributed by atoms with E-state index in [0.29, 0.717) is 11.8 Å². The van der Waals surface area contributed by atoms with Gasteiger partial charge in [0.05, 0.1) is 7.11 Å². The summed E-state index contributed by atoms with van der Waals surface area (Å²) < 4.78 is 34.3. The third-order valence-corrected chi connectivity index (χ3v) is 3.84. The van der Waals surface area contributed by atoms with Crippen LogP contribution in [0.15, 0.2) is 18.2 Å². The van der Waals surface area contributed by atoms with Crippen LogP contribution < -0.4 is 14.8 Å². The van der Waals surface area contributed by atoms with Crippen molar-refractivity contribution >= 4 is 5.69 Å². The van der Waals surface area contributed by atoms with Crippen molar-refractivity contribution in [2.75, 3.05) is 32.6 Å².